The molecule has 0 amide bonds. The molecule has 0 aromatic heterocycles. The third-order valence-electron chi connectivity index (χ3n) is 3.48. The second-order valence-corrected chi connectivity index (χ2v) is 5.17. The van der Waals surface area contributed by atoms with Crippen LogP contribution in [0.2, 0.25) is 0 Å². The van der Waals surface area contributed by atoms with Crippen molar-refractivity contribution in [2.24, 2.45) is 0 Å². The zero-order valence-corrected chi connectivity index (χ0v) is 12.3. The lowest BCUT2D eigenvalue weighted by Gasteiger charge is -2.14. The molecule has 1 aliphatic heterocycles. The van der Waals surface area contributed by atoms with Gasteiger partial charge in [0.25, 0.3) is 0 Å². The van der Waals surface area contributed by atoms with Crippen molar-refractivity contribution < 1.29 is 14.2 Å². The molecular formula is C17H22FNO2. The molecule has 21 heavy (non-hydrogen) atoms. The first-order valence-corrected chi connectivity index (χ1v) is 7.54. The van der Waals surface area contributed by atoms with Crippen molar-refractivity contribution in [2.45, 2.75) is 25.7 Å². The SMILES string of the molecule is OCCC#Cc1ccc(F)c(OCCCN2CCCC2)c1. The van der Waals surface area contributed by atoms with Gasteiger partial charge in [0.2, 0.25) is 0 Å². The topological polar surface area (TPSA) is 32.7 Å². The summed E-state index contributed by atoms with van der Waals surface area (Å²) in [6.45, 7) is 3.90. The third kappa shape index (κ3) is 5.37. The Bertz CT molecular complexity index is 501. The summed E-state index contributed by atoms with van der Waals surface area (Å²) in [7, 11) is 0. The van der Waals surface area contributed by atoms with Gasteiger partial charge in [-0.1, -0.05) is 11.8 Å². The van der Waals surface area contributed by atoms with Gasteiger partial charge in [-0.15, -0.1) is 0 Å². The number of ether oxygens (including phenoxy) is 1. The Kier molecular flexibility index (Phi) is 6.52. The van der Waals surface area contributed by atoms with E-state index in [0.29, 0.717) is 18.6 Å². The van der Waals surface area contributed by atoms with Crippen LogP contribution in [0.3, 0.4) is 0 Å². The van der Waals surface area contributed by atoms with Gasteiger partial charge in [-0.05, 0) is 50.6 Å². The van der Waals surface area contributed by atoms with E-state index in [-0.39, 0.29) is 18.2 Å². The molecule has 0 aliphatic carbocycles. The zero-order chi connectivity index (χ0) is 14.9. The molecule has 0 radical (unpaired) electrons. The lowest BCUT2D eigenvalue weighted by Crippen LogP contribution is -2.22. The predicted octanol–water partition coefficient (Wildman–Crippen LogP) is 2.42. The molecule has 1 fully saturated rings. The van der Waals surface area contributed by atoms with Crippen molar-refractivity contribution in [3.63, 3.8) is 0 Å². The first-order chi connectivity index (χ1) is 10.3. The summed E-state index contributed by atoms with van der Waals surface area (Å²) in [5.74, 6) is 5.60. The van der Waals surface area contributed by atoms with E-state index in [4.69, 9.17) is 9.84 Å². The van der Waals surface area contributed by atoms with Crippen LogP contribution in [0.5, 0.6) is 5.75 Å². The van der Waals surface area contributed by atoms with Crippen LogP contribution in [0.1, 0.15) is 31.2 Å². The molecule has 1 saturated heterocycles. The van der Waals surface area contributed by atoms with Gasteiger partial charge in [-0.2, -0.15) is 0 Å². The third-order valence-corrected chi connectivity index (χ3v) is 3.48. The molecule has 4 heteroatoms. The highest BCUT2D eigenvalue weighted by atomic mass is 19.1. The van der Waals surface area contributed by atoms with Crippen LogP contribution in [-0.2, 0) is 0 Å². The molecular weight excluding hydrogens is 269 g/mol. The van der Waals surface area contributed by atoms with Gasteiger partial charge < -0.3 is 14.7 Å². The number of halogens is 1. The maximum atomic E-state index is 13.7. The number of nitrogens with zero attached hydrogens (tertiary/aromatic N) is 1. The van der Waals surface area contributed by atoms with E-state index in [1.54, 1.807) is 12.1 Å². The standard InChI is InChI=1S/C17H22FNO2/c18-16-8-7-15(6-1-4-12-20)14-17(16)21-13-5-11-19-9-2-3-10-19/h7-8,14,20H,2-5,9-13H2. The fourth-order valence-electron chi connectivity index (χ4n) is 2.39. The summed E-state index contributed by atoms with van der Waals surface area (Å²) in [6.07, 6.45) is 3.89. The minimum absolute atomic E-state index is 0.0358. The Morgan fingerprint density at radius 1 is 1.29 bits per heavy atom. The molecule has 1 N–H and O–H groups in total. The highest BCUT2D eigenvalue weighted by Gasteiger charge is 2.10. The van der Waals surface area contributed by atoms with Gasteiger partial charge in [0.15, 0.2) is 11.6 Å². The van der Waals surface area contributed by atoms with Crippen molar-refractivity contribution >= 4 is 0 Å². The molecule has 0 saturated carbocycles. The summed E-state index contributed by atoms with van der Waals surface area (Å²) in [6, 6.07) is 4.62. The Morgan fingerprint density at radius 3 is 2.86 bits per heavy atom. The van der Waals surface area contributed by atoms with Gasteiger partial charge in [0.05, 0.1) is 13.2 Å². The Balaban J connectivity index is 1.81. The second-order valence-electron chi connectivity index (χ2n) is 5.17. The number of rotatable bonds is 6. The van der Waals surface area contributed by atoms with Crippen LogP contribution in [0, 0.1) is 17.7 Å². The van der Waals surface area contributed by atoms with E-state index in [0.717, 1.165) is 13.0 Å². The largest absolute Gasteiger partial charge is 0.490 e. The van der Waals surface area contributed by atoms with Crippen molar-refractivity contribution in [1.82, 2.24) is 4.90 Å². The first-order valence-electron chi connectivity index (χ1n) is 7.54. The molecule has 114 valence electrons. The Hall–Kier alpha value is -1.57. The van der Waals surface area contributed by atoms with Crippen molar-refractivity contribution in [3.8, 4) is 17.6 Å². The van der Waals surface area contributed by atoms with Crippen molar-refractivity contribution in [2.75, 3.05) is 32.8 Å². The summed E-state index contributed by atoms with van der Waals surface area (Å²) in [4.78, 5) is 2.41. The number of likely N-dealkylation sites (tertiary alicyclic amines) is 1. The highest BCUT2D eigenvalue weighted by Crippen LogP contribution is 2.19. The second kappa shape index (κ2) is 8.66. The van der Waals surface area contributed by atoms with Gasteiger partial charge in [-0.3, -0.25) is 0 Å². The summed E-state index contributed by atoms with van der Waals surface area (Å²) >= 11 is 0. The van der Waals surface area contributed by atoms with E-state index in [1.165, 1.54) is 32.0 Å². The average molecular weight is 291 g/mol. The molecule has 1 aromatic rings. The van der Waals surface area contributed by atoms with Crippen LogP contribution in [-0.4, -0.2) is 42.9 Å². The first kappa shape index (κ1) is 15.8. The molecule has 0 bridgehead atoms. The van der Waals surface area contributed by atoms with Crippen molar-refractivity contribution in [3.05, 3.63) is 29.6 Å². The minimum atomic E-state index is -0.358. The van der Waals surface area contributed by atoms with Crippen molar-refractivity contribution in [1.29, 1.82) is 0 Å². The number of aliphatic hydroxyl groups excluding tert-OH is 1. The molecule has 0 unspecified atom stereocenters. The summed E-state index contributed by atoms with van der Waals surface area (Å²) in [5, 5.41) is 8.68. The fourth-order valence-corrected chi connectivity index (χ4v) is 2.39. The van der Waals surface area contributed by atoms with Crippen LogP contribution >= 0.6 is 0 Å². The molecule has 1 aromatic carbocycles. The van der Waals surface area contributed by atoms with Gasteiger partial charge in [-0.25, -0.2) is 4.39 Å². The van der Waals surface area contributed by atoms with Gasteiger partial charge in [0.1, 0.15) is 0 Å². The number of hydrogen-bond acceptors (Lipinski definition) is 3. The lowest BCUT2D eigenvalue weighted by molar-refractivity contribution is 0.256. The molecule has 0 atom stereocenters. The van der Waals surface area contributed by atoms with Crippen LogP contribution in [0.25, 0.3) is 0 Å². The normalized spacial score (nSPS) is 14.8. The van der Waals surface area contributed by atoms with E-state index >= 15 is 0 Å². The molecule has 1 heterocycles. The number of aliphatic hydroxyl groups is 1. The number of benzene rings is 1. The quantitative estimate of drug-likeness (QED) is 0.645. The molecule has 3 nitrogen and oxygen atoms in total. The fraction of sp³-hybridized carbons (Fsp3) is 0.529. The number of hydrogen-bond donors (Lipinski definition) is 1. The minimum Gasteiger partial charge on any atom is -0.490 e. The van der Waals surface area contributed by atoms with Crippen LogP contribution in [0.4, 0.5) is 4.39 Å². The summed E-state index contributed by atoms with van der Waals surface area (Å²) < 4.78 is 19.2. The van der Waals surface area contributed by atoms with Crippen LogP contribution in [0.15, 0.2) is 18.2 Å². The molecule has 1 aliphatic rings. The van der Waals surface area contributed by atoms with E-state index < -0.39 is 0 Å². The molecule has 2 rings (SSSR count). The predicted molar refractivity (Wildman–Crippen MR) is 80.8 cm³/mol. The highest BCUT2D eigenvalue weighted by molar-refractivity contribution is 5.40. The summed E-state index contributed by atoms with van der Waals surface area (Å²) in [5.41, 5.74) is 0.708. The average Bonchev–Trinajstić information content (AvgIpc) is 3.00. The smallest absolute Gasteiger partial charge is 0.165 e. The van der Waals surface area contributed by atoms with Crippen LogP contribution < -0.4 is 4.74 Å². The van der Waals surface area contributed by atoms with Gasteiger partial charge >= 0.3 is 0 Å². The Labute approximate surface area is 125 Å². The Morgan fingerprint density at radius 2 is 2.10 bits per heavy atom. The maximum absolute atomic E-state index is 13.7. The van der Waals surface area contributed by atoms with E-state index in [2.05, 4.69) is 16.7 Å². The maximum Gasteiger partial charge on any atom is 0.165 e. The van der Waals surface area contributed by atoms with E-state index in [1.807, 2.05) is 0 Å². The van der Waals surface area contributed by atoms with E-state index in [9.17, 15) is 4.39 Å². The monoisotopic (exact) mass is 291 g/mol. The zero-order valence-electron chi connectivity index (χ0n) is 12.3. The molecule has 0 spiro atoms. The van der Waals surface area contributed by atoms with Gasteiger partial charge in [0, 0.05) is 18.5 Å². The lowest BCUT2D eigenvalue weighted by atomic mass is 10.2.